The van der Waals surface area contributed by atoms with Crippen molar-refractivity contribution in [1.29, 1.82) is 0 Å². The molecule has 1 aromatic carbocycles. The normalized spacial score (nSPS) is 12.1. The number of aryl methyl sites for hydroxylation is 1. The maximum absolute atomic E-state index is 11.2. The highest BCUT2D eigenvalue weighted by Crippen LogP contribution is 2.02. The first kappa shape index (κ1) is 13.1. The number of thiol groups is 1. The lowest BCUT2D eigenvalue weighted by Gasteiger charge is -2.08. The first-order valence-corrected chi connectivity index (χ1v) is 5.94. The van der Waals surface area contributed by atoms with Crippen LogP contribution in [0.15, 0.2) is 30.3 Å². The number of hydrogen-bond acceptors (Lipinski definition) is 4. The fourth-order valence-electron chi connectivity index (χ4n) is 1.28. The van der Waals surface area contributed by atoms with Crippen LogP contribution in [0.2, 0.25) is 0 Å². The summed E-state index contributed by atoms with van der Waals surface area (Å²) in [6.07, 6.45) is 1.72. The molecule has 0 aliphatic rings. The van der Waals surface area contributed by atoms with Gasteiger partial charge in [-0.25, -0.2) is 0 Å². The van der Waals surface area contributed by atoms with Gasteiger partial charge in [0.2, 0.25) is 0 Å². The van der Waals surface area contributed by atoms with Crippen molar-refractivity contribution >= 4 is 18.6 Å². The Kier molecular flexibility index (Phi) is 5.96. The Morgan fingerprint density at radius 2 is 2.06 bits per heavy atom. The maximum Gasteiger partial charge on any atom is 0.323 e. The van der Waals surface area contributed by atoms with Gasteiger partial charge in [0.15, 0.2) is 0 Å². The Morgan fingerprint density at radius 1 is 1.38 bits per heavy atom. The molecule has 0 amide bonds. The molecule has 0 saturated carbocycles. The van der Waals surface area contributed by atoms with E-state index in [2.05, 4.69) is 24.8 Å². The van der Waals surface area contributed by atoms with Crippen molar-refractivity contribution in [2.75, 3.05) is 12.4 Å². The van der Waals surface area contributed by atoms with E-state index >= 15 is 0 Å². The van der Waals surface area contributed by atoms with E-state index in [1.165, 1.54) is 5.56 Å². The smallest absolute Gasteiger partial charge is 0.323 e. The van der Waals surface area contributed by atoms with Crippen LogP contribution in [0.4, 0.5) is 0 Å². The second kappa shape index (κ2) is 7.30. The summed E-state index contributed by atoms with van der Waals surface area (Å²) < 4.78 is 5.00. The zero-order chi connectivity index (χ0) is 11.8. The summed E-state index contributed by atoms with van der Waals surface area (Å²) in [7, 11) is 0. The molecule has 4 heteroatoms. The van der Waals surface area contributed by atoms with E-state index in [0.29, 0.717) is 12.4 Å². The Hall–Kier alpha value is -1.00. The van der Waals surface area contributed by atoms with E-state index in [4.69, 9.17) is 10.5 Å². The minimum absolute atomic E-state index is 0.317. The number of hydrogen-bond donors (Lipinski definition) is 2. The Bertz CT molecular complexity index is 316. The zero-order valence-electron chi connectivity index (χ0n) is 9.13. The van der Waals surface area contributed by atoms with Crippen molar-refractivity contribution in [3.63, 3.8) is 0 Å². The molecule has 0 heterocycles. The second-order valence-electron chi connectivity index (χ2n) is 3.55. The summed E-state index contributed by atoms with van der Waals surface area (Å²) in [5, 5.41) is 0. The van der Waals surface area contributed by atoms with Crippen molar-refractivity contribution < 1.29 is 9.53 Å². The van der Waals surface area contributed by atoms with Crippen LogP contribution in [0.5, 0.6) is 0 Å². The first-order valence-electron chi connectivity index (χ1n) is 5.31. The van der Waals surface area contributed by atoms with Gasteiger partial charge in [-0.3, -0.25) is 4.79 Å². The number of nitrogens with two attached hydrogens (primary N) is 1. The Labute approximate surface area is 101 Å². The van der Waals surface area contributed by atoms with E-state index in [1.807, 2.05) is 18.2 Å². The van der Waals surface area contributed by atoms with Crippen LogP contribution in [0.3, 0.4) is 0 Å². The van der Waals surface area contributed by atoms with Gasteiger partial charge in [0.1, 0.15) is 6.04 Å². The Morgan fingerprint density at radius 3 is 2.69 bits per heavy atom. The van der Waals surface area contributed by atoms with E-state index in [1.54, 1.807) is 0 Å². The standard InChI is InChI=1S/C12H17NO2S/c13-11(9-16)12(14)15-8-4-7-10-5-2-1-3-6-10/h1-3,5-6,11,16H,4,7-9,13H2. The zero-order valence-corrected chi connectivity index (χ0v) is 10.0. The molecule has 88 valence electrons. The highest BCUT2D eigenvalue weighted by atomic mass is 32.1. The average Bonchev–Trinajstić information content (AvgIpc) is 2.34. The summed E-state index contributed by atoms with van der Waals surface area (Å²) >= 11 is 3.93. The summed E-state index contributed by atoms with van der Waals surface area (Å²) in [6, 6.07) is 9.48. The molecule has 0 bridgehead atoms. The third-order valence-electron chi connectivity index (χ3n) is 2.20. The molecule has 1 atom stereocenters. The fraction of sp³-hybridized carbons (Fsp3) is 0.417. The van der Waals surface area contributed by atoms with Crippen molar-refractivity contribution in [3.8, 4) is 0 Å². The lowest BCUT2D eigenvalue weighted by molar-refractivity contribution is -0.144. The lowest BCUT2D eigenvalue weighted by Crippen LogP contribution is -2.34. The summed E-state index contributed by atoms with van der Waals surface area (Å²) in [4.78, 5) is 11.2. The van der Waals surface area contributed by atoms with Crippen LogP contribution >= 0.6 is 12.6 Å². The van der Waals surface area contributed by atoms with Crippen LogP contribution in [0, 0.1) is 0 Å². The molecule has 0 aromatic heterocycles. The molecule has 16 heavy (non-hydrogen) atoms. The van der Waals surface area contributed by atoms with Gasteiger partial charge in [-0.1, -0.05) is 30.3 Å². The molecule has 0 fully saturated rings. The fourth-order valence-corrected chi connectivity index (χ4v) is 1.42. The van der Waals surface area contributed by atoms with Gasteiger partial charge >= 0.3 is 5.97 Å². The van der Waals surface area contributed by atoms with Gasteiger partial charge in [-0.2, -0.15) is 12.6 Å². The minimum Gasteiger partial charge on any atom is -0.464 e. The number of benzene rings is 1. The average molecular weight is 239 g/mol. The summed E-state index contributed by atoms with van der Waals surface area (Å²) in [5.41, 5.74) is 6.71. The molecule has 0 saturated heterocycles. The quantitative estimate of drug-likeness (QED) is 0.448. The molecule has 0 aliphatic carbocycles. The SMILES string of the molecule is NC(CS)C(=O)OCCCc1ccccc1. The largest absolute Gasteiger partial charge is 0.464 e. The predicted octanol–water partition coefficient (Wildman–Crippen LogP) is 1.42. The van der Waals surface area contributed by atoms with E-state index in [-0.39, 0.29) is 5.97 Å². The predicted molar refractivity (Wildman–Crippen MR) is 67.6 cm³/mol. The van der Waals surface area contributed by atoms with Crippen LogP contribution < -0.4 is 5.73 Å². The van der Waals surface area contributed by atoms with E-state index < -0.39 is 6.04 Å². The minimum atomic E-state index is -0.611. The van der Waals surface area contributed by atoms with E-state index in [9.17, 15) is 4.79 Å². The van der Waals surface area contributed by atoms with E-state index in [0.717, 1.165) is 12.8 Å². The number of carbonyl (C=O) groups excluding carboxylic acids is 1. The highest BCUT2D eigenvalue weighted by molar-refractivity contribution is 7.80. The number of ether oxygens (including phenoxy) is 1. The van der Waals surface area contributed by atoms with Gasteiger partial charge in [-0.05, 0) is 18.4 Å². The monoisotopic (exact) mass is 239 g/mol. The topological polar surface area (TPSA) is 52.3 Å². The van der Waals surface area contributed by atoms with Crippen molar-refractivity contribution in [1.82, 2.24) is 0 Å². The van der Waals surface area contributed by atoms with Crippen LogP contribution in [0.25, 0.3) is 0 Å². The maximum atomic E-state index is 11.2. The Balaban J connectivity index is 2.15. The summed E-state index contributed by atoms with van der Waals surface area (Å²) in [5.74, 6) is -0.0552. The number of carbonyl (C=O) groups is 1. The molecular weight excluding hydrogens is 222 g/mol. The number of rotatable bonds is 6. The van der Waals surface area contributed by atoms with Crippen molar-refractivity contribution in [2.45, 2.75) is 18.9 Å². The molecule has 0 spiro atoms. The molecule has 0 radical (unpaired) electrons. The molecule has 0 aliphatic heterocycles. The van der Waals surface area contributed by atoms with Gasteiger partial charge < -0.3 is 10.5 Å². The van der Waals surface area contributed by atoms with Gasteiger partial charge in [-0.15, -0.1) is 0 Å². The number of esters is 1. The van der Waals surface area contributed by atoms with Gasteiger partial charge in [0, 0.05) is 5.75 Å². The molecule has 1 rings (SSSR count). The van der Waals surface area contributed by atoms with Crippen LogP contribution in [-0.2, 0) is 16.0 Å². The third kappa shape index (κ3) is 4.68. The first-order chi connectivity index (χ1) is 7.74. The molecule has 3 nitrogen and oxygen atoms in total. The molecule has 1 unspecified atom stereocenters. The third-order valence-corrected chi connectivity index (χ3v) is 2.59. The van der Waals surface area contributed by atoms with Crippen LogP contribution in [0.1, 0.15) is 12.0 Å². The van der Waals surface area contributed by atoms with Gasteiger partial charge in [0.25, 0.3) is 0 Å². The molecule has 1 aromatic rings. The highest BCUT2D eigenvalue weighted by Gasteiger charge is 2.11. The van der Waals surface area contributed by atoms with Crippen LogP contribution in [-0.4, -0.2) is 24.4 Å². The lowest BCUT2D eigenvalue weighted by atomic mass is 10.1. The second-order valence-corrected chi connectivity index (χ2v) is 3.91. The van der Waals surface area contributed by atoms with Crippen molar-refractivity contribution in [3.05, 3.63) is 35.9 Å². The molecular formula is C12H17NO2S. The van der Waals surface area contributed by atoms with Gasteiger partial charge in [0.05, 0.1) is 6.61 Å². The summed E-state index contributed by atoms with van der Waals surface area (Å²) in [6.45, 7) is 0.412. The molecule has 2 N–H and O–H groups in total. The van der Waals surface area contributed by atoms with Crippen molar-refractivity contribution in [2.24, 2.45) is 5.73 Å².